The molecule has 1 fully saturated rings. The van der Waals surface area contributed by atoms with E-state index in [2.05, 4.69) is 9.80 Å². The highest BCUT2D eigenvalue weighted by Gasteiger charge is 2.18. The van der Waals surface area contributed by atoms with Crippen LogP contribution in [0.3, 0.4) is 0 Å². The van der Waals surface area contributed by atoms with E-state index in [0.29, 0.717) is 6.54 Å². The molecule has 1 saturated heterocycles. The lowest BCUT2D eigenvalue weighted by molar-refractivity contribution is 0.121. The Morgan fingerprint density at radius 3 is 2.13 bits per heavy atom. The fraction of sp³-hybridized carbons (Fsp3) is 0.333. The quantitative estimate of drug-likeness (QED) is 0.834. The van der Waals surface area contributed by atoms with E-state index in [4.69, 9.17) is 11.6 Å². The summed E-state index contributed by atoms with van der Waals surface area (Å²) in [5.74, 6) is -0.527. The van der Waals surface area contributed by atoms with Crippen molar-refractivity contribution < 1.29 is 8.78 Å². The summed E-state index contributed by atoms with van der Waals surface area (Å²) in [7, 11) is 0. The van der Waals surface area contributed by atoms with E-state index in [9.17, 15) is 8.78 Å². The van der Waals surface area contributed by atoms with Crippen LogP contribution in [0.15, 0.2) is 42.5 Å². The van der Waals surface area contributed by atoms with Crippen molar-refractivity contribution >= 4 is 11.6 Å². The number of rotatable bonds is 4. The standard InChI is InChI=1S/C18H19ClF2N2/c19-16-11-14(5-6-18(16)21)12-22-7-9-23(10-8-22)13-15-3-1-2-4-17(15)20/h1-6,11H,7-10,12-13H2. The minimum absolute atomic E-state index is 0.143. The van der Waals surface area contributed by atoms with Crippen LogP contribution in [-0.2, 0) is 13.1 Å². The van der Waals surface area contributed by atoms with E-state index < -0.39 is 0 Å². The Hall–Kier alpha value is -1.49. The Bertz CT molecular complexity index is 670. The first-order valence-electron chi connectivity index (χ1n) is 7.74. The number of hydrogen-bond donors (Lipinski definition) is 0. The molecule has 1 aliphatic rings. The van der Waals surface area contributed by atoms with E-state index >= 15 is 0 Å². The van der Waals surface area contributed by atoms with Crippen molar-refractivity contribution in [3.63, 3.8) is 0 Å². The molecule has 2 aromatic rings. The molecule has 0 spiro atoms. The molecule has 0 amide bonds. The minimum Gasteiger partial charge on any atom is -0.297 e. The van der Waals surface area contributed by atoms with Gasteiger partial charge in [0.15, 0.2) is 0 Å². The predicted octanol–water partition coefficient (Wildman–Crippen LogP) is 3.94. The van der Waals surface area contributed by atoms with Gasteiger partial charge in [-0.2, -0.15) is 0 Å². The van der Waals surface area contributed by atoms with Gasteiger partial charge in [0, 0.05) is 44.8 Å². The van der Waals surface area contributed by atoms with Crippen LogP contribution in [0.2, 0.25) is 5.02 Å². The maximum absolute atomic E-state index is 13.7. The first-order valence-corrected chi connectivity index (χ1v) is 8.11. The van der Waals surface area contributed by atoms with Crippen LogP contribution in [0, 0.1) is 11.6 Å². The summed E-state index contributed by atoms with van der Waals surface area (Å²) in [4.78, 5) is 4.56. The molecule has 0 radical (unpaired) electrons. The molecule has 0 unspecified atom stereocenters. The van der Waals surface area contributed by atoms with E-state index in [-0.39, 0.29) is 16.7 Å². The van der Waals surface area contributed by atoms with Gasteiger partial charge in [-0.05, 0) is 23.8 Å². The largest absolute Gasteiger partial charge is 0.297 e. The summed E-state index contributed by atoms with van der Waals surface area (Å²) >= 11 is 5.82. The number of benzene rings is 2. The number of piperazine rings is 1. The lowest BCUT2D eigenvalue weighted by atomic mass is 10.1. The molecule has 1 aliphatic heterocycles. The second-order valence-corrected chi connectivity index (χ2v) is 6.30. The molecule has 2 nitrogen and oxygen atoms in total. The number of halogens is 3. The molecule has 0 atom stereocenters. The monoisotopic (exact) mass is 336 g/mol. The van der Waals surface area contributed by atoms with Gasteiger partial charge in [0.05, 0.1) is 5.02 Å². The zero-order valence-corrected chi connectivity index (χ0v) is 13.6. The molecule has 0 bridgehead atoms. The fourth-order valence-corrected chi connectivity index (χ4v) is 3.07. The summed E-state index contributed by atoms with van der Waals surface area (Å²) in [5.41, 5.74) is 1.75. The molecule has 23 heavy (non-hydrogen) atoms. The zero-order valence-electron chi connectivity index (χ0n) is 12.8. The molecule has 0 saturated carbocycles. The average molecular weight is 337 g/mol. The highest BCUT2D eigenvalue weighted by atomic mass is 35.5. The van der Waals surface area contributed by atoms with Crippen LogP contribution in [-0.4, -0.2) is 36.0 Å². The third-order valence-corrected chi connectivity index (χ3v) is 4.50. The molecule has 0 N–H and O–H groups in total. The van der Waals surface area contributed by atoms with Gasteiger partial charge in [0.2, 0.25) is 0 Å². The Morgan fingerprint density at radius 1 is 0.826 bits per heavy atom. The first kappa shape index (κ1) is 16.4. The van der Waals surface area contributed by atoms with Gasteiger partial charge in [0.1, 0.15) is 11.6 Å². The van der Waals surface area contributed by atoms with Crippen LogP contribution < -0.4 is 0 Å². The summed E-state index contributed by atoms with van der Waals surface area (Å²) in [6, 6.07) is 11.8. The summed E-state index contributed by atoms with van der Waals surface area (Å²) in [6.07, 6.45) is 0. The molecule has 0 aliphatic carbocycles. The van der Waals surface area contributed by atoms with Gasteiger partial charge >= 0.3 is 0 Å². The minimum atomic E-state index is -0.384. The van der Waals surface area contributed by atoms with Crippen molar-refractivity contribution in [1.82, 2.24) is 9.80 Å². The third-order valence-electron chi connectivity index (χ3n) is 4.21. The van der Waals surface area contributed by atoms with E-state index in [1.807, 2.05) is 12.1 Å². The molecule has 3 rings (SSSR count). The SMILES string of the molecule is Fc1ccc(CN2CCN(Cc3ccccc3F)CC2)cc1Cl. The predicted molar refractivity (Wildman–Crippen MR) is 88.4 cm³/mol. The molecular weight excluding hydrogens is 318 g/mol. The normalized spacial score (nSPS) is 16.7. The van der Waals surface area contributed by atoms with Gasteiger partial charge in [-0.15, -0.1) is 0 Å². The first-order chi connectivity index (χ1) is 11.1. The molecular formula is C18H19ClF2N2. The van der Waals surface area contributed by atoms with Crippen LogP contribution in [0.25, 0.3) is 0 Å². The third kappa shape index (κ3) is 4.28. The lowest BCUT2D eigenvalue weighted by Gasteiger charge is -2.34. The topological polar surface area (TPSA) is 6.48 Å². The van der Waals surface area contributed by atoms with Gasteiger partial charge in [-0.25, -0.2) is 8.78 Å². The highest BCUT2D eigenvalue weighted by molar-refractivity contribution is 6.30. The lowest BCUT2D eigenvalue weighted by Crippen LogP contribution is -2.45. The van der Waals surface area contributed by atoms with Crippen molar-refractivity contribution in [2.24, 2.45) is 0 Å². The zero-order chi connectivity index (χ0) is 16.2. The van der Waals surface area contributed by atoms with Gasteiger partial charge in [0.25, 0.3) is 0 Å². The fourth-order valence-electron chi connectivity index (χ4n) is 2.87. The van der Waals surface area contributed by atoms with Crippen LogP contribution in [0.4, 0.5) is 8.78 Å². The maximum atomic E-state index is 13.7. The van der Waals surface area contributed by atoms with Crippen molar-refractivity contribution in [3.05, 3.63) is 70.2 Å². The Labute approximate surface area is 140 Å². The van der Waals surface area contributed by atoms with Crippen LogP contribution in [0.1, 0.15) is 11.1 Å². The number of nitrogens with zero attached hydrogens (tertiary/aromatic N) is 2. The van der Waals surface area contributed by atoms with Crippen molar-refractivity contribution in [3.8, 4) is 0 Å². The van der Waals surface area contributed by atoms with Crippen LogP contribution in [0.5, 0.6) is 0 Å². The van der Waals surface area contributed by atoms with Gasteiger partial charge in [-0.3, -0.25) is 9.80 Å². The van der Waals surface area contributed by atoms with Crippen molar-refractivity contribution in [2.75, 3.05) is 26.2 Å². The second kappa shape index (κ2) is 7.39. The Morgan fingerprint density at radius 2 is 1.48 bits per heavy atom. The number of hydrogen-bond acceptors (Lipinski definition) is 2. The summed E-state index contributed by atoms with van der Waals surface area (Å²) in [5, 5.41) is 0.167. The molecule has 2 aromatic carbocycles. The smallest absolute Gasteiger partial charge is 0.141 e. The molecule has 0 aromatic heterocycles. The van der Waals surface area contributed by atoms with E-state index in [1.165, 1.54) is 12.1 Å². The van der Waals surface area contributed by atoms with E-state index in [0.717, 1.165) is 43.9 Å². The molecule has 5 heteroatoms. The van der Waals surface area contributed by atoms with Crippen molar-refractivity contribution in [1.29, 1.82) is 0 Å². The van der Waals surface area contributed by atoms with Crippen molar-refractivity contribution in [2.45, 2.75) is 13.1 Å². The van der Waals surface area contributed by atoms with Crippen LogP contribution >= 0.6 is 11.6 Å². The average Bonchev–Trinajstić information content (AvgIpc) is 2.55. The van der Waals surface area contributed by atoms with Gasteiger partial charge in [-0.1, -0.05) is 35.9 Å². The van der Waals surface area contributed by atoms with E-state index in [1.54, 1.807) is 18.2 Å². The second-order valence-electron chi connectivity index (χ2n) is 5.89. The summed E-state index contributed by atoms with van der Waals surface area (Å²) in [6.45, 7) is 5.00. The molecule has 122 valence electrons. The Kier molecular flexibility index (Phi) is 5.26. The highest BCUT2D eigenvalue weighted by Crippen LogP contribution is 2.18. The van der Waals surface area contributed by atoms with Gasteiger partial charge < -0.3 is 0 Å². The summed E-state index contributed by atoms with van der Waals surface area (Å²) < 4.78 is 26.9. The Balaban J connectivity index is 1.52. The molecule has 1 heterocycles. The maximum Gasteiger partial charge on any atom is 0.141 e.